The molecule has 0 saturated heterocycles. The highest BCUT2D eigenvalue weighted by Crippen LogP contribution is 2.24. The molecule has 0 spiro atoms. The summed E-state index contributed by atoms with van der Waals surface area (Å²) in [6, 6.07) is 8.87. The molecule has 21 heavy (non-hydrogen) atoms. The van der Waals surface area contributed by atoms with Crippen molar-refractivity contribution >= 4 is 0 Å². The maximum Gasteiger partial charge on any atom is 0.171 e. The molecule has 0 heterocycles. The third-order valence-corrected chi connectivity index (χ3v) is 3.08. The van der Waals surface area contributed by atoms with Crippen LogP contribution in [0, 0.1) is 11.6 Å². The number of benzene rings is 2. The van der Waals surface area contributed by atoms with Gasteiger partial charge in [0, 0.05) is 17.2 Å². The SMILES string of the molecule is COc1cccc(COc2ccc([C@H](C)O)c(F)c2)c1F. The van der Waals surface area contributed by atoms with Gasteiger partial charge in [-0.2, -0.15) is 0 Å². The van der Waals surface area contributed by atoms with E-state index in [9.17, 15) is 13.9 Å². The minimum atomic E-state index is -0.894. The number of hydrogen-bond acceptors (Lipinski definition) is 3. The van der Waals surface area contributed by atoms with Crippen molar-refractivity contribution in [1.82, 2.24) is 0 Å². The fraction of sp³-hybridized carbons (Fsp3) is 0.250. The lowest BCUT2D eigenvalue weighted by Gasteiger charge is -2.11. The van der Waals surface area contributed by atoms with Crippen LogP contribution in [-0.2, 0) is 6.61 Å². The summed E-state index contributed by atoms with van der Waals surface area (Å²) in [5, 5.41) is 9.35. The summed E-state index contributed by atoms with van der Waals surface area (Å²) in [6.45, 7) is 1.43. The Morgan fingerprint density at radius 2 is 1.95 bits per heavy atom. The van der Waals surface area contributed by atoms with Gasteiger partial charge in [0.25, 0.3) is 0 Å². The van der Waals surface area contributed by atoms with E-state index < -0.39 is 17.7 Å². The summed E-state index contributed by atoms with van der Waals surface area (Å²) in [4.78, 5) is 0. The van der Waals surface area contributed by atoms with E-state index in [2.05, 4.69) is 0 Å². The van der Waals surface area contributed by atoms with Gasteiger partial charge in [0.2, 0.25) is 0 Å². The zero-order valence-electron chi connectivity index (χ0n) is 11.8. The van der Waals surface area contributed by atoms with Gasteiger partial charge < -0.3 is 14.6 Å². The van der Waals surface area contributed by atoms with E-state index in [1.54, 1.807) is 12.1 Å². The lowest BCUT2D eigenvalue weighted by Crippen LogP contribution is -2.02. The Hall–Kier alpha value is -2.14. The number of hydrogen-bond donors (Lipinski definition) is 1. The molecule has 2 aromatic carbocycles. The monoisotopic (exact) mass is 294 g/mol. The molecule has 3 nitrogen and oxygen atoms in total. The molecule has 0 unspecified atom stereocenters. The van der Waals surface area contributed by atoms with Gasteiger partial charge in [0.1, 0.15) is 18.2 Å². The molecule has 0 bridgehead atoms. The van der Waals surface area contributed by atoms with Gasteiger partial charge in [-0.1, -0.05) is 12.1 Å². The van der Waals surface area contributed by atoms with Crippen molar-refractivity contribution in [2.45, 2.75) is 19.6 Å². The van der Waals surface area contributed by atoms with Crippen LogP contribution in [0.25, 0.3) is 0 Å². The molecule has 0 fully saturated rings. The van der Waals surface area contributed by atoms with Crippen LogP contribution in [0.1, 0.15) is 24.2 Å². The highest BCUT2D eigenvalue weighted by molar-refractivity contribution is 5.33. The maximum atomic E-state index is 13.9. The summed E-state index contributed by atoms with van der Waals surface area (Å²) in [5.41, 5.74) is 0.504. The Labute approximate surface area is 121 Å². The Balaban J connectivity index is 2.12. The molecule has 0 aliphatic heterocycles. The Bertz CT molecular complexity index is 627. The summed E-state index contributed by atoms with van der Waals surface area (Å²) in [6.07, 6.45) is -0.894. The fourth-order valence-corrected chi connectivity index (χ4v) is 1.92. The number of aliphatic hydroxyl groups excluding tert-OH is 1. The van der Waals surface area contributed by atoms with Gasteiger partial charge in [-0.15, -0.1) is 0 Å². The Kier molecular flexibility index (Phi) is 4.75. The molecule has 2 rings (SSSR count). The maximum absolute atomic E-state index is 13.9. The van der Waals surface area contributed by atoms with Crippen molar-refractivity contribution in [3.63, 3.8) is 0 Å². The highest BCUT2D eigenvalue weighted by Gasteiger charge is 2.11. The standard InChI is InChI=1S/C16H16F2O3/c1-10(19)13-7-6-12(8-14(13)17)21-9-11-4-3-5-15(20-2)16(11)18/h3-8,10,19H,9H2,1-2H3/t10-/m0/s1. The molecule has 1 atom stereocenters. The van der Waals surface area contributed by atoms with Crippen LogP contribution in [0.3, 0.4) is 0 Å². The molecule has 112 valence electrons. The van der Waals surface area contributed by atoms with Gasteiger partial charge >= 0.3 is 0 Å². The molecule has 0 aliphatic rings. The van der Waals surface area contributed by atoms with Crippen LogP contribution in [-0.4, -0.2) is 12.2 Å². The van der Waals surface area contributed by atoms with E-state index in [1.807, 2.05) is 0 Å². The third kappa shape index (κ3) is 3.49. The summed E-state index contributed by atoms with van der Waals surface area (Å²) in [7, 11) is 1.38. The number of rotatable bonds is 5. The predicted octanol–water partition coefficient (Wildman–Crippen LogP) is 3.61. The average molecular weight is 294 g/mol. The molecular formula is C16H16F2O3. The number of aliphatic hydroxyl groups is 1. The zero-order chi connectivity index (χ0) is 15.4. The van der Waals surface area contributed by atoms with Crippen molar-refractivity contribution in [3.8, 4) is 11.5 Å². The first-order valence-electron chi connectivity index (χ1n) is 6.44. The number of halogens is 2. The minimum Gasteiger partial charge on any atom is -0.494 e. The van der Waals surface area contributed by atoms with Crippen LogP contribution in [0.15, 0.2) is 36.4 Å². The van der Waals surface area contributed by atoms with E-state index in [-0.39, 0.29) is 23.7 Å². The summed E-state index contributed by atoms with van der Waals surface area (Å²) < 4.78 is 37.9. The van der Waals surface area contributed by atoms with E-state index in [0.717, 1.165) is 0 Å². The van der Waals surface area contributed by atoms with Crippen LogP contribution < -0.4 is 9.47 Å². The smallest absolute Gasteiger partial charge is 0.171 e. The fourth-order valence-electron chi connectivity index (χ4n) is 1.92. The van der Waals surface area contributed by atoms with Gasteiger partial charge in [0.15, 0.2) is 11.6 Å². The van der Waals surface area contributed by atoms with Crippen molar-refractivity contribution in [3.05, 3.63) is 59.2 Å². The molecule has 5 heteroatoms. The average Bonchev–Trinajstić information content (AvgIpc) is 2.46. The molecule has 0 aromatic heterocycles. The Morgan fingerprint density at radius 1 is 1.19 bits per heavy atom. The largest absolute Gasteiger partial charge is 0.494 e. The quantitative estimate of drug-likeness (QED) is 0.915. The normalized spacial score (nSPS) is 12.0. The molecular weight excluding hydrogens is 278 g/mol. The highest BCUT2D eigenvalue weighted by atomic mass is 19.1. The van der Waals surface area contributed by atoms with Crippen LogP contribution >= 0.6 is 0 Å². The Morgan fingerprint density at radius 3 is 2.57 bits per heavy atom. The van der Waals surface area contributed by atoms with Gasteiger partial charge in [-0.3, -0.25) is 0 Å². The zero-order valence-corrected chi connectivity index (χ0v) is 11.8. The second-order valence-corrected chi connectivity index (χ2v) is 4.58. The topological polar surface area (TPSA) is 38.7 Å². The number of methoxy groups -OCH3 is 1. The first-order valence-corrected chi connectivity index (χ1v) is 6.44. The molecule has 0 saturated carbocycles. The number of ether oxygens (including phenoxy) is 2. The first kappa shape index (κ1) is 15.3. The third-order valence-electron chi connectivity index (χ3n) is 3.08. The van der Waals surface area contributed by atoms with Crippen LogP contribution in [0.5, 0.6) is 11.5 Å². The van der Waals surface area contributed by atoms with Crippen molar-refractivity contribution in [2.75, 3.05) is 7.11 Å². The van der Waals surface area contributed by atoms with Crippen LogP contribution in [0.2, 0.25) is 0 Å². The van der Waals surface area contributed by atoms with Crippen molar-refractivity contribution < 1.29 is 23.4 Å². The van der Waals surface area contributed by atoms with E-state index in [1.165, 1.54) is 38.3 Å². The van der Waals surface area contributed by atoms with E-state index in [0.29, 0.717) is 5.56 Å². The minimum absolute atomic E-state index is 0.0451. The van der Waals surface area contributed by atoms with Gasteiger partial charge in [0.05, 0.1) is 13.2 Å². The molecule has 1 N–H and O–H groups in total. The van der Waals surface area contributed by atoms with Crippen molar-refractivity contribution in [1.29, 1.82) is 0 Å². The second kappa shape index (κ2) is 6.54. The van der Waals surface area contributed by atoms with Crippen molar-refractivity contribution in [2.24, 2.45) is 0 Å². The van der Waals surface area contributed by atoms with E-state index >= 15 is 0 Å². The first-order chi connectivity index (χ1) is 10.0. The molecule has 0 aliphatic carbocycles. The lowest BCUT2D eigenvalue weighted by atomic mass is 10.1. The summed E-state index contributed by atoms with van der Waals surface area (Å²) in [5.74, 6) is -0.666. The van der Waals surface area contributed by atoms with Crippen LogP contribution in [0.4, 0.5) is 8.78 Å². The molecule has 2 aromatic rings. The van der Waals surface area contributed by atoms with E-state index in [4.69, 9.17) is 9.47 Å². The summed E-state index contributed by atoms with van der Waals surface area (Å²) >= 11 is 0. The predicted molar refractivity (Wildman–Crippen MR) is 74.3 cm³/mol. The van der Waals surface area contributed by atoms with Gasteiger partial charge in [-0.25, -0.2) is 8.78 Å². The lowest BCUT2D eigenvalue weighted by molar-refractivity contribution is 0.193. The van der Waals surface area contributed by atoms with Gasteiger partial charge in [-0.05, 0) is 25.1 Å². The molecule has 0 radical (unpaired) electrons. The second-order valence-electron chi connectivity index (χ2n) is 4.58. The molecule has 0 amide bonds.